The Morgan fingerprint density at radius 1 is 0.583 bits per heavy atom. The van der Waals surface area contributed by atoms with Crippen LogP contribution in [0.15, 0.2) is 72.8 Å². The number of aryl methyl sites for hydroxylation is 3. The maximum Gasteiger partial charge on any atom is 0.111 e. The van der Waals surface area contributed by atoms with Crippen molar-refractivity contribution in [2.24, 2.45) is 0 Å². The summed E-state index contributed by atoms with van der Waals surface area (Å²) in [6.45, 7) is 8.93. The second-order valence-electron chi connectivity index (χ2n) is 6.64. The molecule has 0 amide bonds. The second-order valence-corrected chi connectivity index (χ2v) is 10.4. The third-order valence-electron chi connectivity index (χ3n) is 4.80. The van der Waals surface area contributed by atoms with Gasteiger partial charge in [0.2, 0.25) is 0 Å². The van der Waals surface area contributed by atoms with Gasteiger partial charge in [-0.2, -0.15) is 0 Å². The van der Waals surface area contributed by atoms with E-state index in [1.165, 1.54) is 32.6 Å². The molecule has 0 aromatic heterocycles. The van der Waals surface area contributed by atoms with Gasteiger partial charge in [-0.1, -0.05) is 36.4 Å². The molecular weight excluding hydrogens is 307 g/mol. The summed E-state index contributed by atoms with van der Waals surface area (Å²) in [6, 6.07) is 27.4. The highest BCUT2D eigenvalue weighted by Gasteiger charge is 2.43. The average Bonchev–Trinajstić information content (AvgIpc) is 2.56. The van der Waals surface area contributed by atoms with Crippen LogP contribution in [0.5, 0.6) is 0 Å². The van der Waals surface area contributed by atoms with Gasteiger partial charge in [0.25, 0.3) is 0 Å². The van der Waals surface area contributed by atoms with Crippen LogP contribution in [0, 0.1) is 20.8 Å². The van der Waals surface area contributed by atoms with Gasteiger partial charge in [0.15, 0.2) is 0 Å². The minimum Gasteiger partial charge on any atom is -0.0590 e. The van der Waals surface area contributed by atoms with Crippen molar-refractivity contribution in [2.75, 3.05) is 6.16 Å². The molecule has 0 saturated carbocycles. The summed E-state index contributed by atoms with van der Waals surface area (Å²) in [7, 11) is -1.61. The van der Waals surface area contributed by atoms with Gasteiger partial charge in [0.05, 0.1) is 6.16 Å². The summed E-state index contributed by atoms with van der Waals surface area (Å²) in [4.78, 5) is 0. The summed E-state index contributed by atoms with van der Waals surface area (Å²) in [5.41, 5.74) is 4.02. The first-order chi connectivity index (χ1) is 11.6. The Bertz CT molecular complexity index is 737. The zero-order chi connectivity index (χ0) is 17.2. The Morgan fingerprint density at radius 3 is 1.17 bits per heavy atom. The molecule has 0 aliphatic rings. The van der Waals surface area contributed by atoms with Crippen LogP contribution in [-0.2, 0) is 0 Å². The smallest absolute Gasteiger partial charge is 0.0590 e. The van der Waals surface area contributed by atoms with Crippen molar-refractivity contribution < 1.29 is 0 Å². The van der Waals surface area contributed by atoms with Crippen molar-refractivity contribution in [1.82, 2.24) is 0 Å². The third kappa shape index (κ3) is 3.04. The second kappa shape index (κ2) is 6.91. The molecule has 0 N–H and O–H groups in total. The molecule has 3 aromatic carbocycles. The summed E-state index contributed by atoms with van der Waals surface area (Å²) < 4.78 is 0. The molecule has 122 valence electrons. The molecule has 0 unspecified atom stereocenters. The van der Waals surface area contributed by atoms with Crippen molar-refractivity contribution in [3.8, 4) is 0 Å². The van der Waals surface area contributed by atoms with Gasteiger partial charge in [0, 0.05) is 0 Å². The fourth-order valence-electron chi connectivity index (χ4n) is 3.59. The maximum atomic E-state index is 2.39. The molecule has 0 nitrogen and oxygen atoms in total. The van der Waals surface area contributed by atoms with Crippen LogP contribution >= 0.6 is 7.26 Å². The molecule has 1 heteroatoms. The monoisotopic (exact) mass is 333 g/mol. The number of rotatable bonds is 4. The fourth-order valence-corrected chi connectivity index (χ4v) is 7.87. The Balaban J connectivity index is 2.34. The highest BCUT2D eigenvalue weighted by Crippen LogP contribution is 2.55. The molecule has 0 spiro atoms. The van der Waals surface area contributed by atoms with E-state index in [9.17, 15) is 0 Å². The van der Waals surface area contributed by atoms with Crippen LogP contribution in [-0.4, -0.2) is 6.16 Å². The molecule has 3 aromatic rings. The Hall–Kier alpha value is -1.91. The first kappa shape index (κ1) is 16.9. The van der Waals surface area contributed by atoms with Crippen LogP contribution in [0.2, 0.25) is 0 Å². The molecule has 0 radical (unpaired) electrons. The number of hydrogen-bond acceptors (Lipinski definition) is 0. The lowest BCUT2D eigenvalue weighted by Crippen LogP contribution is -2.33. The molecule has 0 aliphatic heterocycles. The zero-order valence-corrected chi connectivity index (χ0v) is 16.0. The summed E-state index contributed by atoms with van der Waals surface area (Å²) in [5.74, 6) is 0. The highest BCUT2D eigenvalue weighted by atomic mass is 31.2. The lowest BCUT2D eigenvalue weighted by Gasteiger charge is -2.27. The van der Waals surface area contributed by atoms with Crippen molar-refractivity contribution in [1.29, 1.82) is 0 Å². The van der Waals surface area contributed by atoms with Crippen LogP contribution in [0.1, 0.15) is 23.6 Å². The van der Waals surface area contributed by atoms with Gasteiger partial charge in [-0.05, 0) is 80.8 Å². The van der Waals surface area contributed by atoms with Gasteiger partial charge < -0.3 is 0 Å². The maximum absolute atomic E-state index is 2.39. The first-order valence-electron chi connectivity index (χ1n) is 8.66. The van der Waals surface area contributed by atoms with Crippen LogP contribution in [0.4, 0.5) is 0 Å². The minimum absolute atomic E-state index is 1.14. The first-order valence-corrected chi connectivity index (χ1v) is 10.6. The largest absolute Gasteiger partial charge is 0.111 e. The summed E-state index contributed by atoms with van der Waals surface area (Å²) in [5, 5.41) is 4.46. The molecule has 3 rings (SSSR count). The van der Waals surface area contributed by atoms with Crippen LogP contribution in [0.25, 0.3) is 0 Å². The van der Waals surface area contributed by atoms with E-state index in [1.807, 2.05) is 0 Å². The highest BCUT2D eigenvalue weighted by molar-refractivity contribution is 7.95. The normalized spacial score (nSPS) is 11.5. The van der Waals surface area contributed by atoms with E-state index in [0.717, 1.165) is 6.16 Å². The summed E-state index contributed by atoms with van der Waals surface area (Å²) >= 11 is 0. The standard InChI is InChI=1S/C23H26P/c1-5-24(21-12-6-9-18(2)15-21,22-13-7-10-19(3)16-22)23-14-8-11-20(4)17-23/h6-17H,5H2,1-4H3/q+1. The minimum atomic E-state index is -1.61. The van der Waals surface area contributed by atoms with Crippen LogP contribution in [0.3, 0.4) is 0 Å². The third-order valence-corrected chi connectivity index (χ3v) is 9.23. The van der Waals surface area contributed by atoms with E-state index in [2.05, 4.69) is 100 Å². The van der Waals surface area contributed by atoms with Gasteiger partial charge in [0.1, 0.15) is 23.2 Å². The molecule has 0 aliphatic carbocycles. The Kier molecular flexibility index (Phi) is 4.88. The molecule has 0 saturated heterocycles. The Morgan fingerprint density at radius 2 is 0.917 bits per heavy atom. The van der Waals surface area contributed by atoms with Gasteiger partial charge in [-0.25, -0.2) is 0 Å². The zero-order valence-electron chi connectivity index (χ0n) is 15.1. The summed E-state index contributed by atoms with van der Waals surface area (Å²) in [6.07, 6.45) is 1.14. The molecule has 0 fully saturated rings. The predicted molar refractivity (Wildman–Crippen MR) is 110 cm³/mol. The quantitative estimate of drug-likeness (QED) is 0.594. The lowest BCUT2D eigenvalue weighted by molar-refractivity contribution is 1.44. The van der Waals surface area contributed by atoms with E-state index in [1.54, 1.807) is 0 Å². The SMILES string of the molecule is CC[P+](c1cccc(C)c1)(c1cccc(C)c1)c1cccc(C)c1. The predicted octanol–water partition coefficient (Wildman–Crippen LogP) is 4.93. The van der Waals surface area contributed by atoms with Gasteiger partial charge in [-0.15, -0.1) is 0 Å². The topological polar surface area (TPSA) is 0 Å². The average molecular weight is 333 g/mol. The van der Waals surface area contributed by atoms with E-state index in [4.69, 9.17) is 0 Å². The van der Waals surface area contributed by atoms with Crippen molar-refractivity contribution >= 4 is 23.2 Å². The van der Waals surface area contributed by atoms with Gasteiger partial charge in [-0.3, -0.25) is 0 Å². The molecular formula is C23H26P+. The van der Waals surface area contributed by atoms with E-state index >= 15 is 0 Å². The van der Waals surface area contributed by atoms with E-state index in [0.29, 0.717) is 0 Å². The van der Waals surface area contributed by atoms with Crippen molar-refractivity contribution in [2.45, 2.75) is 27.7 Å². The van der Waals surface area contributed by atoms with Crippen molar-refractivity contribution in [3.05, 3.63) is 89.5 Å². The Labute approximate surface area is 146 Å². The van der Waals surface area contributed by atoms with E-state index in [-0.39, 0.29) is 0 Å². The van der Waals surface area contributed by atoms with Gasteiger partial charge >= 0.3 is 0 Å². The lowest BCUT2D eigenvalue weighted by atomic mass is 10.2. The number of hydrogen-bond donors (Lipinski definition) is 0. The molecule has 0 bridgehead atoms. The van der Waals surface area contributed by atoms with E-state index < -0.39 is 7.26 Å². The molecule has 0 heterocycles. The fraction of sp³-hybridized carbons (Fsp3) is 0.217. The van der Waals surface area contributed by atoms with Crippen LogP contribution < -0.4 is 15.9 Å². The molecule has 0 atom stereocenters. The number of benzene rings is 3. The molecule has 24 heavy (non-hydrogen) atoms. The van der Waals surface area contributed by atoms with Crippen molar-refractivity contribution in [3.63, 3.8) is 0 Å².